The fraction of sp³-hybridized carbons (Fsp3) is 0.647. The molecule has 0 unspecified atom stereocenters. The van der Waals surface area contributed by atoms with Crippen molar-refractivity contribution in [1.82, 2.24) is 15.2 Å². The fourth-order valence-electron chi connectivity index (χ4n) is 3.02. The van der Waals surface area contributed by atoms with Crippen molar-refractivity contribution in [1.29, 1.82) is 0 Å². The number of rotatable bonds is 5. The van der Waals surface area contributed by atoms with Crippen LogP contribution in [0.15, 0.2) is 18.2 Å². The van der Waals surface area contributed by atoms with Crippen LogP contribution in [-0.2, 0) is 0 Å². The first-order valence-corrected chi connectivity index (χ1v) is 8.06. The molecule has 4 nitrogen and oxygen atoms in total. The third kappa shape index (κ3) is 4.27. The zero-order chi connectivity index (χ0) is 15.2. The van der Waals surface area contributed by atoms with Crippen molar-refractivity contribution in [2.75, 3.05) is 13.6 Å². The minimum absolute atomic E-state index is 0.0451. The highest BCUT2D eigenvalue weighted by atomic mass is 16.2. The van der Waals surface area contributed by atoms with Crippen molar-refractivity contribution in [3.05, 3.63) is 29.6 Å². The van der Waals surface area contributed by atoms with Crippen LogP contribution in [-0.4, -0.2) is 41.5 Å². The van der Waals surface area contributed by atoms with Gasteiger partial charge >= 0.3 is 0 Å². The number of aryl methyl sites for hydroxylation is 1. The standard InChI is InChI=1S/C17H27N3O/c1-4-12-18-14-8-10-15(11-9-14)20(3)17(21)16-7-5-6-13(2)19-16/h5-7,14-15,18H,4,8-12H2,1-3H3. The van der Waals surface area contributed by atoms with Crippen molar-refractivity contribution in [2.45, 2.75) is 58.0 Å². The van der Waals surface area contributed by atoms with E-state index in [0.29, 0.717) is 17.8 Å². The Balaban J connectivity index is 1.89. The van der Waals surface area contributed by atoms with Crippen LogP contribution < -0.4 is 5.32 Å². The Morgan fingerprint density at radius 3 is 2.67 bits per heavy atom. The number of nitrogens with zero attached hydrogens (tertiary/aromatic N) is 2. The van der Waals surface area contributed by atoms with E-state index in [1.165, 1.54) is 6.42 Å². The summed E-state index contributed by atoms with van der Waals surface area (Å²) in [6.45, 7) is 5.21. The van der Waals surface area contributed by atoms with Gasteiger partial charge in [0.15, 0.2) is 0 Å². The molecule has 1 heterocycles. The molecule has 0 radical (unpaired) electrons. The van der Waals surface area contributed by atoms with Crippen molar-refractivity contribution >= 4 is 5.91 Å². The van der Waals surface area contributed by atoms with Gasteiger partial charge < -0.3 is 10.2 Å². The maximum absolute atomic E-state index is 12.5. The number of hydrogen-bond donors (Lipinski definition) is 1. The Bertz CT molecular complexity index is 467. The van der Waals surface area contributed by atoms with Gasteiger partial charge in [0, 0.05) is 24.8 Å². The van der Waals surface area contributed by atoms with Gasteiger partial charge in [0.2, 0.25) is 0 Å². The second kappa shape index (κ2) is 7.55. The number of nitrogens with one attached hydrogen (secondary N) is 1. The molecule has 1 aliphatic rings. The molecular formula is C17H27N3O. The summed E-state index contributed by atoms with van der Waals surface area (Å²) in [5.74, 6) is 0.0451. The summed E-state index contributed by atoms with van der Waals surface area (Å²) in [6, 6.07) is 6.60. The van der Waals surface area contributed by atoms with Crippen molar-refractivity contribution in [3.63, 3.8) is 0 Å². The largest absolute Gasteiger partial charge is 0.337 e. The molecule has 1 fully saturated rings. The molecule has 0 bridgehead atoms. The Hall–Kier alpha value is -1.42. The Morgan fingerprint density at radius 2 is 2.05 bits per heavy atom. The Labute approximate surface area is 127 Å². The van der Waals surface area contributed by atoms with E-state index >= 15 is 0 Å². The number of carbonyl (C=O) groups excluding carboxylic acids is 1. The molecule has 4 heteroatoms. The molecule has 21 heavy (non-hydrogen) atoms. The second-order valence-electron chi connectivity index (χ2n) is 6.04. The molecule has 0 aromatic carbocycles. The third-order valence-electron chi connectivity index (χ3n) is 4.36. The highest BCUT2D eigenvalue weighted by Gasteiger charge is 2.27. The molecule has 1 saturated carbocycles. The number of pyridine rings is 1. The van der Waals surface area contributed by atoms with Crippen LogP contribution in [0.4, 0.5) is 0 Å². The highest BCUT2D eigenvalue weighted by Crippen LogP contribution is 2.23. The molecule has 116 valence electrons. The first-order chi connectivity index (χ1) is 10.1. The monoisotopic (exact) mass is 289 g/mol. The lowest BCUT2D eigenvalue weighted by atomic mass is 9.90. The second-order valence-corrected chi connectivity index (χ2v) is 6.04. The van der Waals surface area contributed by atoms with Gasteiger partial charge in [0.25, 0.3) is 5.91 Å². The Morgan fingerprint density at radius 1 is 1.33 bits per heavy atom. The minimum atomic E-state index is 0.0451. The minimum Gasteiger partial charge on any atom is -0.337 e. The summed E-state index contributed by atoms with van der Waals surface area (Å²) in [7, 11) is 1.91. The average molecular weight is 289 g/mol. The predicted molar refractivity (Wildman–Crippen MR) is 85.4 cm³/mol. The Kier molecular flexibility index (Phi) is 5.74. The first-order valence-electron chi connectivity index (χ1n) is 8.06. The van der Waals surface area contributed by atoms with Crippen molar-refractivity contribution < 1.29 is 4.79 Å². The van der Waals surface area contributed by atoms with E-state index in [-0.39, 0.29) is 5.91 Å². The number of carbonyl (C=O) groups is 1. The number of hydrogen-bond acceptors (Lipinski definition) is 3. The van der Waals surface area contributed by atoms with E-state index in [0.717, 1.165) is 37.9 Å². The van der Waals surface area contributed by atoms with Crippen molar-refractivity contribution in [2.24, 2.45) is 0 Å². The van der Waals surface area contributed by atoms with Gasteiger partial charge in [-0.2, -0.15) is 0 Å². The van der Waals surface area contributed by atoms with Crippen molar-refractivity contribution in [3.8, 4) is 0 Å². The molecule has 1 aromatic rings. The normalized spacial score (nSPS) is 22.0. The summed E-state index contributed by atoms with van der Waals surface area (Å²) < 4.78 is 0. The molecule has 0 aliphatic heterocycles. The highest BCUT2D eigenvalue weighted by molar-refractivity contribution is 5.92. The van der Waals surface area contributed by atoms with E-state index < -0.39 is 0 Å². The fourth-order valence-corrected chi connectivity index (χ4v) is 3.02. The predicted octanol–water partition coefficient (Wildman–Crippen LogP) is 2.77. The zero-order valence-corrected chi connectivity index (χ0v) is 13.4. The van der Waals surface area contributed by atoms with E-state index in [9.17, 15) is 4.79 Å². The molecule has 0 saturated heterocycles. The summed E-state index contributed by atoms with van der Waals surface area (Å²) in [6.07, 6.45) is 5.65. The van der Waals surface area contributed by atoms with Gasteiger partial charge in [-0.3, -0.25) is 4.79 Å². The van der Waals surface area contributed by atoms with Gasteiger partial charge in [0.05, 0.1) is 0 Å². The van der Waals surface area contributed by atoms with Crippen LogP contribution in [0.5, 0.6) is 0 Å². The summed E-state index contributed by atoms with van der Waals surface area (Å²) in [5, 5.41) is 3.58. The number of amides is 1. The van der Waals surface area contributed by atoms with Gasteiger partial charge in [-0.05, 0) is 57.7 Å². The SMILES string of the molecule is CCCNC1CCC(N(C)C(=O)c2cccc(C)n2)CC1. The van der Waals surface area contributed by atoms with E-state index in [2.05, 4.69) is 17.2 Å². The summed E-state index contributed by atoms with van der Waals surface area (Å²) in [5.41, 5.74) is 1.45. The molecule has 0 atom stereocenters. The van der Waals surface area contributed by atoms with Crippen LogP contribution in [0.1, 0.15) is 55.2 Å². The van der Waals surface area contributed by atoms with Gasteiger partial charge in [-0.25, -0.2) is 4.98 Å². The smallest absolute Gasteiger partial charge is 0.272 e. The maximum Gasteiger partial charge on any atom is 0.272 e. The first kappa shape index (κ1) is 16.0. The van der Waals surface area contributed by atoms with E-state index in [4.69, 9.17) is 0 Å². The molecule has 1 aromatic heterocycles. The van der Waals surface area contributed by atoms with Crippen LogP contribution >= 0.6 is 0 Å². The molecule has 1 aliphatic carbocycles. The van der Waals surface area contributed by atoms with Crippen LogP contribution in [0, 0.1) is 6.92 Å². The van der Waals surface area contributed by atoms with Crippen LogP contribution in [0.2, 0.25) is 0 Å². The molecule has 2 rings (SSSR count). The average Bonchev–Trinajstić information content (AvgIpc) is 2.52. The maximum atomic E-state index is 12.5. The van der Waals surface area contributed by atoms with Gasteiger partial charge in [0.1, 0.15) is 5.69 Å². The van der Waals surface area contributed by atoms with Gasteiger partial charge in [-0.1, -0.05) is 13.0 Å². The zero-order valence-electron chi connectivity index (χ0n) is 13.4. The summed E-state index contributed by atoms with van der Waals surface area (Å²) in [4.78, 5) is 18.7. The topological polar surface area (TPSA) is 45.2 Å². The molecule has 0 spiro atoms. The quantitative estimate of drug-likeness (QED) is 0.906. The van der Waals surface area contributed by atoms with Crippen LogP contribution in [0.25, 0.3) is 0 Å². The lowest BCUT2D eigenvalue weighted by Crippen LogP contribution is -2.43. The summed E-state index contributed by atoms with van der Waals surface area (Å²) >= 11 is 0. The lowest BCUT2D eigenvalue weighted by Gasteiger charge is -2.35. The number of aromatic nitrogens is 1. The van der Waals surface area contributed by atoms with E-state index in [1.807, 2.05) is 31.0 Å². The molecule has 1 amide bonds. The molecule has 1 N–H and O–H groups in total. The third-order valence-corrected chi connectivity index (χ3v) is 4.36. The lowest BCUT2D eigenvalue weighted by molar-refractivity contribution is 0.0678. The van der Waals surface area contributed by atoms with Gasteiger partial charge in [-0.15, -0.1) is 0 Å². The van der Waals surface area contributed by atoms with E-state index in [1.54, 1.807) is 6.07 Å². The molecular weight excluding hydrogens is 262 g/mol. The van der Waals surface area contributed by atoms with Crippen LogP contribution in [0.3, 0.4) is 0 Å².